The number of carbonyl (C=O) groups excluding carboxylic acids is 1. The zero-order chi connectivity index (χ0) is 23.0. The van der Waals surface area contributed by atoms with Gasteiger partial charge < -0.3 is 9.47 Å². The molecule has 0 aliphatic heterocycles. The molecular formula is C26H25N3O4. The summed E-state index contributed by atoms with van der Waals surface area (Å²) in [4.78, 5) is 29.4. The van der Waals surface area contributed by atoms with Crippen LogP contribution < -0.4 is 15.6 Å². The maximum Gasteiger partial charge on any atom is 0.411 e. The second-order valence-corrected chi connectivity index (χ2v) is 7.63. The standard InChI is InChI=1S/C26H25N3O4/c1-19-8-5-6-11-24(19)32-15-7-14-29-18-27-23-13-12-21(16-22(23)25(29)30)28-26(31)33-17-20-9-3-2-4-10-20/h2-6,8-13,16,18H,7,14-15,17H2,1H3,(H,28,31). The molecule has 1 N–H and O–H groups in total. The molecule has 0 spiro atoms. The van der Waals surface area contributed by atoms with E-state index in [0.29, 0.717) is 36.2 Å². The Morgan fingerprint density at radius 2 is 1.82 bits per heavy atom. The van der Waals surface area contributed by atoms with Crippen molar-refractivity contribution in [3.8, 4) is 5.75 Å². The third-order valence-corrected chi connectivity index (χ3v) is 5.18. The monoisotopic (exact) mass is 443 g/mol. The van der Waals surface area contributed by atoms with Crippen LogP contribution in [-0.2, 0) is 17.9 Å². The molecule has 0 aliphatic carbocycles. The number of anilines is 1. The van der Waals surface area contributed by atoms with Crippen molar-refractivity contribution >= 4 is 22.7 Å². The van der Waals surface area contributed by atoms with Crippen LogP contribution in [0, 0.1) is 6.92 Å². The zero-order valence-corrected chi connectivity index (χ0v) is 18.4. The van der Waals surface area contributed by atoms with Crippen molar-refractivity contribution in [1.29, 1.82) is 0 Å². The summed E-state index contributed by atoms with van der Waals surface area (Å²) >= 11 is 0. The lowest BCUT2D eigenvalue weighted by Crippen LogP contribution is -2.22. The fourth-order valence-electron chi connectivity index (χ4n) is 3.41. The lowest BCUT2D eigenvalue weighted by Gasteiger charge is -2.11. The fourth-order valence-corrected chi connectivity index (χ4v) is 3.41. The Hall–Kier alpha value is -4.13. The molecule has 0 atom stereocenters. The molecule has 3 aromatic carbocycles. The molecule has 1 aromatic heterocycles. The summed E-state index contributed by atoms with van der Waals surface area (Å²) in [5.74, 6) is 0.844. The van der Waals surface area contributed by atoms with Gasteiger partial charge in [-0.15, -0.1) is 0 Å². The number of amides is 1. The van der Waals surface area contributed by atoms with Crippen LogP contribution in [0.2, 0.25) is 0 Å². The molecule has 7 nitrogen and oxygen atoms in total. The van der Waals surface area contributed by atoms with Gasteiger partial charge >= 0.3 is 6.09 Å². The molecule has 4 aromatic rings. The molecule has 0 bridgehead atoms. The van der Waals surface area contributed by atoms with Gasteiger partial charge in [-0.05, 0) is 48.7 Å². The van der Waals surface area contributed by atoms with E-state index in [9.17, 15) is 9.59 Å². The molecule has 0 fully saturated rings. The van der Waals surface area contributed by atoms with Gasteiger partial charge in [0.2, 0.25) is 0 Å². The van der Waals surface area contributed by atoms with E-state index >= 15 is 0 Å². The van der Waals surface area contributed by atoms with Gasteiger partial charge in [0, 0.05) is 12.2 Å². The predicted octanol–water partition coefficient (Wildman–Crippen LogP) is 4.92. The van der Waals surface area contributed by atoms with E-state index in [4.69, 9.17) is 9.47 Å². The smallest absolute Gasteiger partial charge is 0.411 e. The Morgan fingerprint density at radius 1 is 1.03 bits per heavy atom. The van der Waals surface area contributed by atoms with Crippen LogP contribution in [0.15, 0.2) is 83.9 Å². The lowest BCUT2D eigenvalue weighted by atomic mass is 10.2. The fraction of sp³-hybridized carbons (Fsp3) is 0.192. The Bertz CT molecular complexity index is 1300. The third-order valence-electron chi connectivity index (χ3n) is 5.18. The second kappa shape index (κ2) is 10.5. The lowest BCUT2D eigenvalue weighted by molar-refractivity contribution is 0.155. The van der Waals surface area contributed by atoms with E-state index in [0.717, 1.165) is 16.9 Å². The van der Waals surface area contributed by atoms with Gasteiger partial charge in [0.15, 0.2) is 0 Å². The van der Waals surface area contributed by atoms with Crippen molar-refractivity contribution in [2.45, 2.75) is 26.5 Å². The SMILES string of the molecule is Cc1ccccc1OCCCn1cnc2ccc(NC(=O)OCc3ccccc3)cc2c1=O. The van der Waals surface area contributed by atoms with Crippen LogP contribution in [0.1, 0.15) is 17.5 Å². The Labute approximate surface area is 191 Å². The molecule has 0 unspecified atom stereocenters. The highest BCUT2D eigenvalue weighted by molar-refractivity contribution is 5.89. The minimum absolute atomic E-state index is 0.166. The molecule has 0 saturated heterocycles. The number of fused-ring (bicyclic) bond motifs is 1. The summed E-state index contributed by atoms with van der Waals surface area (Å²) in [6.07, 6.45) is 1.61. The van der Waals surface area contributed by atoms with Gasteiger partial charge in [-0.1, -0.05) is 48.5 Å². The van der Waals surface area contributed by atoms with Crippen LogP contribution in [0.25, 0.3) is 10.9 Å². The van der Waals surface area contributed by atoms with E-state index in [1.165, 1.54) is 0 Å². The summed E-state index contributed by atoms with van der Waals surface area (Å²) in [6.45, 7) is 3.13. The van der Waals surface area contributed by atoms with Crippen molar-refractivity contribution in [3.05, 3.63) is 101 Å². The van der Waals surface area contributed by atoms with Crippen LogP contribution >= 0.6 is 0 Å². The van der Waals surface area contributed by atoms with Crippen molar-refractivity contribution in [1.82, 2.24) is 9.55 Å². The molecule has 4 rings (SSSR count). The van der Waals surface area contributed by atoms with Crippen molar-refractivity contribution in [2.75, 3.05) is 11.9 Å². The van der Waals surface area contributed by atoms with Gasteiger partial charge in [-0.25, -0.2) is 9.78 Å². The minimum atomic E-state index is -0.587. The summed E-state index contributed by atoms with van der Waals surface area (Å²) in [7, 11) is 0. The van der Waals surface area contributed by atoms with Gasteiger partial charge in [-0.2, -0.15) is 0 Å². The van der Waals surface area contributed by atoms with E-state index in [1.54, 1.807) is 29.1 Å². The van der Waals surface area contributed by atoms with Crippen LogP contribution in [0.4, 0.5) is 10.5 Å². The third kappa shape index (κ3) is 5.77. The largest absolute Gasteiger partial charge is 0.493 e. The van der Waals surface area contributed by atoms with Crippen LogP contribution in [0.3, 0.4) is 0 Å². The topological polar surface area (TPSA) is 82.4 Å². The van der Waals surface area contributed by atoms with E-state index in [2.05, 4.69) is 10.3 Å². The normalized spacial score (nSPS) is 10.7. The van der Waals surface area contributed by atoms with Gasteiger partial charge in [0.1, 0.15) is 12.4 Å². The molecule has 0 aliphatic rings. The number of carbonyl (C=O) groups is 1. The molecule has 7 heteroatoms. The van der Waals surface area contributed by atoms with E-state index < -0.39 is 6.09 Å². The summed E-state index contributed by atoms with van der Waals surface area (Å²) in [5, 5.41) is 3.10. The highest BCUT2D eigenvalue weighted by Gasteiger charge is 2.09. The zero-order valence-electron chi connectivity index (χ0n) is 18.4. The highest BCUT2D eigenvalue weighted by Crippen LogP contribution is 2.17. The first-order valence-electron chi connectivity index (χ1n) is 10.8. The molecule has 1 heterocycles. The van der Waals surface area contributed by atoms with E-state index in [-0.39, 0.29) is 12.2 Å². The maximum atomic E-state index is 12.9. The number of nitrogens with zero attached hydrogens (tertiary/aromatic N) is 2. The molecule has 0 radical (unpaired) electrons. The summed E-state index contributed by atoms with van der Waals surface area (Å²) < 4.78 is 12.6. The number of ether oxygens (including phenoxy) is 2. The Kier molecular flexibility index (Phi) is 6.99. The van der Waals surface area contributed by atoms with Gasteiger partial charge in [0.05, 0.1) is 23.8 Å². The summed E-state index contributed by atoms with van der Waals surface area (Å²) in [5.41, 5.74) is 2.84. The number of hydrogen-bond acceptors (Lipinski definition) is 5. The summed E-state index contributed by atoms with van der Waals surface area (Å²) in [6, 6.07) is 22.3. The van der Waals surface area contributed by atoms with Crippen molar-refractivity contribution in [3.63, 3.8) is 0 Å². The average Bonchev–Trinajstić information content (AvgIpc) is 2.84. The minimum Gasteiger partial charge on any atom is -0.493 e. The number of rotatable bonds is 8. The molecule has 0 saturated carbocycles. The van der Waals surface area contributed by atoms with Crippen LogP contribution in [0.5, 0.6) is 5.75 Å². The highest BCUT2D eigenvalue weighted by atomic mass is 16.5. The maximum absolute atomic E-state index is 12.9. The quantitative estimate of drug-likeness (QED) is 0.391. The first kappa shape index (κ1) is 22.1. The van der Waals surface area contributed by atoms with Crippen molar-refractivity contribution < 1.29 is 14.3 Å². The number of nitrogens with one attached hydrogen (secondary N) is 1. The number of aryl methyl sites for hydroxylation is 2. The average molecular weight is 444 g/mol. The van der Waals surface area contributed by atoms with Gasteiger partial charge in [-0.3, -0.25) is 14.7 Å². The predicted molar refractivity (Wildman–Crippen MR) is 128 cm³/mol. The van der Waals surface area contributed by atoms with Crippen LogP contribution in [-0.4, -0.2) is 22.3 Å². The molecule has 168 valence electrons. The number of benzene rings is 3. The number of para-hydroxylation sites is 1. The second-order valence-electron chi connectivity index (χ2n) is 7.63. The Balaban J connectivity index is 1.37. The van der Waals surface area contributed by atoms with Crippen molar-refractivity contribution in [2.24, 2.45) is 0 Å². The van der Waals surface area contributed by atoms with E-state index in [1.807, 2.05) is 61.5 Å². The number of hydrogen-bond donors (Lipinski definition) is 1. The van der Waals surface area contributed by atoms with Gasteiger partial charge in [0.25, 0.3) is 5.56 Å². The Morgan fingerprint density at radius 3 is 2.64 bits per heavy atom. The number of aromatic nitrogens is 2. The molecular weight excluding hydrogens is 418 g/mol. The first-order chi connectivity index (χ1) is 16.1. The molecule has 1 amide bonds. The first-order valence-corrected chi connectivity index (χ1v) is 10.8. The molecule has 33 heavy (non-hydrogen) atoms.